The summed E-state index contributed by atoms with van der Waals surface area (Å²) in [4.78, 5) is 29.7. The van der Waals surface area contributed by atoms with Gasteiger partial charge in [0.1, 0.15) is 6.67 Å². The van der Waals surface area contributed by atoms with E-state index in [2.05, 4.69) is 161 Å². The summed E-state index contributed by atoms with van der Waals surface area (Å²) in [6, 6.07) is 65.3. The Bertz CT molecular complexity index is 3560. The standard InChI is InChI=1S/C53H33N7/c1-2-11-36(12-3-1)51-57-52(59-53(58-51)38-13-10-14-39(31-38)60-46-19-8-5-15-40(46)41-16-6-9-20-47(41)60)37-27-23-34(24-28-37)33-21-25-35(26-22-33)49-43-29-30-45-50(55-32-54-45)48(43)42-17-4-7-18-44(42)56-49/h1-31H,32H2. The second kappa shape index (κ2) is 13.7. The first-order valence-corrected chi connectivity index (χ1v) is 20.1. The summed E-state index contributed by atoms with van der Waals surface area (Å²) in [5, 5.41) is 7.63. The lowest BCUT2D eigenvalue weighted by Gasteiger charge is -2.12. The minimum atomic E-state index is 0.467. The number of hydrogen-bond acceptors (Lipinski definition) is 6. The first kappa shape index (κ1) is 33.9. The van der Waals surface area contributed by atoms with Crippen molar-refractivity contribution < 1.29 is 0 Å². The van der Waals surface area contributed by atoms with E-state index in [1.807, 2.05) is 36.4 Å². The van der Waals surface area contributed by atoms with E-state index < -0.39 is 0 Å². The highest BCUT2D eigenvalue weighted by Gasteiger charge is 2.17. The van der Waals surface area contributed by atoms with Gasteiger partial charge in [-0.05, 0) is 53.6 Å². The van der Waals surface area contributed by atoms with Crippen molar-refractivity contribution in [2.45, 2.75) is 0 Å². The molecule has 0 unspecified atom stereocenters. The zero-order chi connectivity index (χ0) is 39.6. The first-order valence-electron chi connectivity index (χ1n) is 20.1. The average molecular weight is 768 g/mol. The van der Waals surface area contributed by atoms with Crippen LogP contribution in [0.3, 0.4) is 0 Å². The second-order valence-electron chi connectivity index (χ2n) is 15.0. The fourth-order valence-electron chi connectivity index (χ4n) is 8.67. The van der Waals surface area contributed by atoms with Crippen molar-refractivity contribution in [1.82, 2.24) is 24.5 Å². The van der Waals surface area contributed by atoms with E-state index in [0.29, 0.717) is 24.1 Å². The third-order valence-electron chi connectivity index (χ3n) is 11.5. The van der Waals surface area contributed by atoms with Crippen LogP contribution >= 0.6 is 0 Å². The van der Waals surface area contributed by atoms with Crippen LogP contribution < -0.4 is 10.7 Å². The molecule has 0 aliphatic carbocycles. The Morgan fingerprint density at radius 1 is 0.367 bits per heavy atom. The van der Waals surface area contributed by atoms with Gasteiger partial charge in [0.15, 0.2) is 17.5 Å². The summed E-state index contributed by atoms with van der Waals surface area (Å²) in [6.45, 7) is 0.467. The molecular formula is C53H33N7. The lowest BCUT2D eigenvalue weighted by Crippen LogP contribution is -2.22. The van der Waals surface area contributed by atoms with Crippen LogP contribution in [0, 0.1) is 0 Å². The van der Waals surface area contributed by atoms with Crippen LogP contribution in [-0.4, -0.2) is 31.2 Å². The molecule has 0 spiro atoms. The van der Waals surface area contributed by atoms with Crippen LogP contribution in [-0.2, 0) is 0 Å². The fourth-order valence-corrected chi connectivity index (χ4v) is 8.67. The van der Waals surface area contributed by atoms with E-state index >= 15 is 0 Å². The molecule has 60 heavy (non-hydrogen) atoms. The zero-order valence-corrected chi connectivity index (χ0v) is 32.2. The number of aromatic nitrogens is 5. The van der Waals surface area contributed by atoms with Gasteiger partial charge in [0.25, 0.3) is 0 Å². The van der Waals surface area contributed by atoms with Crippen molar-refractivity contribution >= 4 is 43.5 Å². The highest BCUT2D eigenvalue weighted by Crippen LogP contribution is 2.35. The molecule has 0 amide bonds. The predicted molar refractivity (Wildman–Crippen MR) is 241 cm³/mol. The first-order chi connectivity index (χ1) is 29.7. The van der Waals surface area contributed by atoms with Crippen molar-refractivity contribution in [2.75, 3.05) is 6.67 Å². The molecular weight excluding hydrogens is 735 g/mol. The molecule has 12 rings (SSSR count). The van der Waals surface area contributed by atoms with Crippen molar-refractivity contribution in [1.29, 1.82) is 0 Å². The molecule has 11 aromatic rings. The van der Waals surface area contributed by atoms with Gasteiger partial charge in [-0.3, -0.25) is 9.98 Å². The number of benzene rings is 8. The van der Waals surface area contributed by atoms with E-state index in [-0.39, 0.29) is 0 Å². The molecule has 0 N–H and O–H groups in total. The minimum absolute atomic E-state index is 0.467. The number of hydrogen-bond donors (Lipinski definition) is 0. The number of fused-ring (bicyclic) bond motifs is 8. The van der Waals surface area contributed by atoms with Crippen LogP contribution in [0.1, 0.15) is 0 Å². The van der Waals surface area contributed by atoms with Crippen molar-refractivity contribution in [3.63, 3.8) is 0 Å². The van der Waals surface area contributed by atoms with Crippen LogP contribution in [0.5, 0.6) is 0 Å². The lowest BCUT2D eigenvalue weighted by molar-refractivity contribution is 1.06. The van der Waals surface area contributed by atoms with Gasteiger partial charge in [-0.2, -0.15) is 0 Å². The maximum absolute atomic E-state index is 5.15. The number of nitrogens with zero attached hydrogens (tertiary/aromatic N) is 7. The Hall–Kier alpha value is -8.16. The van der Waals surface area contributed by atoms with Crippen molar-refractivity contribution in [3.8, 4) is 62.2 Å². The lowest BCUT2D eigenvalue weighted by atomic mass is 9.97. The summed E-state index contributed by atoms with van der Waals surface area (Å²) in [5.41, 5.74) is 11.2. The molecule has 0 saturated heterocycles. The minimum Gasteiger partial charge on any atom is -0.309 e. The number of rotatable bonds is 6. The maximum Gasteiger partial charge on any atom is 0.164 e. The van der Waals surface area contributed by atoms with Crippen molar-refractivity contribution in [2.24, 2.45) is 9.98 Å². The molecule has 0 atom stereocenters. The highest BCUT2D eigenvalue weighted by atomic mass is 15.0. The summed E-state index contributed by atoms with van der Waals surface area (Å²) >= 11 is 0. The monoisotopic (exact) mass is 767 g/mol. The fraction of sp³-hybridized carbons (Fsp3) is 0.0189. The quantitative estimate of drug-likeness (QED) is 0.158. The van der Waals surface area contributed by atoms with Gasteiger partial charge in [0, 0.05) is 54.9 Å². The van der Waals surface area contributed by atoms with Gasteiger partial charge < -0.3 is 4.57 Å². The molecule has 1 aliphatic rings. The molecule has 7 heteroatoms. The van der Waals surface area contributed by atoms with E-state index in [0.717, 1.165) is 88.2 Å². The molecule has 1 aliphatic heterocycles. The molecule has 8 aromatic carbocycles. The molecule has 0 saturated carbocycles. The Kier molecular flexibility index (Phi) is 7.78. The zero-order valence-electron chi connectivity index (χ0n) is 32.2. The van der Waals surface area contributed by atoms with Gasteiger partial charge in [-0.15, -0.1) is 0 Å². The molecule has 7 nitrogen and oxygen atoms in total. The van der Waals surface area contributed by atoms with Crippen molar-refractivity contribution in [3.05, 3.63) is 199 Å². The Balaban J connectivity index is 0.912. The molecule has 3 aromatic heterocycles. The van der Waals surface area contributed by atoms with E-state index in [1.165, 1.54) is 10.8 Å². The average Bonchev–Trinajstić information content (AvgIpc) is 3.95. The second-order valence-corrected chi connectivity index (χ2v) is 15.0. The van der Waals surface area contributed by atoms with Crippen LogP contribution in [0.15, 0.2) is 198 Å². The summed E-state index contributed by atoms with van der Waals surface area (Å²) in [5.74, 6) is 1.85. The topological polar surface area (TPSA) is 81.2 Å². The highest BCUT2D eigenvalue weighted by molar-refractivity contribution is 6.11. The predicted octanol–water partition coefficient (Wildman–Crippen LogP) is 11.2. The third kappa shape index (κ3) is 5.59. The van der Waals surface area contributed by atoms with Gasteiger partial charge in [0.2, 0.25) is 0 Å². The van der Waals surface area contributed by atoms with Gasteiger partial charge in [-0.1, -0.05) is 146 Å². The molecule has 4 heterocycles. The van der Waals surface area contributed by atoms with Gasteiger partial charge in [-0.25, -0.2) is 19.9 Å². The van der Waals surface area contributed by atoms with Crippen LogP contribution in [0.2, 0.25) is 0 Å². The Morgan fingerprint density at radius 2 is 0.917 bits per heavy atom. The Labute approximate surface area is 344 Å². The van der Waals surface area contributed by atoms with E-state index in [1.54, 1.807) is 0 Å². The van der Waals surface area contributed by atoms with E-state index in [9.17, 15) is 0 Å². The molecule has 0 radical (unpaired) electrons. The van der Waals surface area contributed by atoms with E-state index in [4.69, 9.17) is 24.9 Å². The third-order valence-corrected chi connectivity index (χ3v) is 11.5. The number of para-hydroxylation sites is 3. The molecule has 0 fully saturated rings. The largest absolute Gasteiger partial charge is 0.309 e. The smallest absolute Gasteiger partial charge is 0.164 e. The van der Waals surface area contributed by atoms with Gasteiger partial charge >= 0.3 is 0 Å². The van der Waals surface area contributed by atoms with Gasteiger partial charge in [0.05, 0.1) is 33.0 Å². The molecule has 0 bridgehead atoms. The van der Waals surface area contributed by atoms with Crippen LogP contribution in [0.25, 0.3) is 106 Å². The SMILES string of the molecule is c1ccc(-c2nc(-c3ccc(-c4ccc(-c5nc6ccccc6c6c7c(ccc56)=NCN=7)cc4)cc3)nc(-c3cccc(-n4c5ccccc5c5ccccc54)c3)n2)cc1. The number of pyridine rings is 1. The normalized spacial score (nSPS) is 12.2. The summed E-state index contributed by atoms with van der Waals surface area (Å²) in [6.07, 6.45) is 0. The summed E-state index contributed by atoms with van der Waals surface area (Å²) < 4.78 is 2.32. The van der Waals surface area contributed by atoms with Crippen LogP contribution in [0.4, 0.5) is 0 Å². The maximum atomic E-state index is 5.15. The Morgan fingerprint density at radius 3 is 1.62 bits per heavy atom. The summed E-state index contributed by atoms with van der Waals surface area (Å²) in [7, 11) is 0. The molecule has 280 valence electrons.